The maximum atomic E-state index is 11.8. The molecule has 27 heavy (non-hydrogen) atoms. The van der Waals surface area contributed by atoms with Crippen LogP contribution in [0.3, 0.4) is 0 Å². The quantitative estimate of drug-likeness (QED) is 0.826. The lowest BCUT2D eigenvalue weighted by atomic mass is 10.1. The van der Waals surface area contributed by atoms with Gasteiger partial charge in [-0.05, 0) is 56.1 Å². The average molecular weight is 411 g/mol. The minimum atomic E-state index is -3.20. The normalized spacial score (nSPS) is 17.3. The van der Waals surface area contributed by atoms with Gasteiger partial charge in [-0.1, -0.05) is 0 Å². The van der Waals surface area contributed by atoms with E-state index < -0.39 is 9.84 Å². The van der Waals surface area contributed by atoms with Crippen molar-refractivity contribution < 1.29 is 13.2 Å². The fraction of sp³-hybridized carbons (Fsp3) is 0.444. The molecular formula is C18H23ClN4O3S. The predicted molar refractivity (Wildman–Crippen MR) is 106 cm³/mol. The Balaban J connectivity index is 0.00000210. The lowest BCUT2D eigenvalue weighted by molar-refractivity contribution is 0.156. The van der Waals surface area contributed by atoms with E-state index in [0.29, 0.717) is 10.8 Å². The molecule has 0 saturated carbocycles. The van der Waals surface area contributed by atoms with Crippen LogP contribution in [0.1, 0.15) is 18.4 Å². The molecule has 0 atom stereocenters. The van der Waals surface area contributed by atoms with Crippen LogP contribution in [-0.4, -0.2) is 50.4 Å². The number of nitrogens with zero attached hydrogens (tertiary/aromatic N) is 3. The summed E-state index contributed by atoms with van der Waals surface area (Å²) in [5, 5.41) is 3.32. The van der Waals surface area contributed by atoms with Gasteiger partial charge in [0.1, 0.15) is 18.2 Å². The third-order valence-corrected chi connectivity index (χ3v) is 5.96. The summed E-state index contributed by atoms with van der Waals surface area (Å²) in [5.74, 6) is 1.36. The molecule has 2 aliphatic heterocycles. The zero-order valence-electron chi connectivity index (χ0n) is 15.1. The molecule has 0 aliphatic carbocycles. The van der Waals surface area contributed by atoms with Gasteiger partial charge in [-0.3, -0.25) is 0 Å². The molecule has 7 nitrogen and oxygen atoms in total. The number of benzene rings is 1. The third kappa shape index (κ3) is 4.34. The van der Waals surface area contributed by atoms with Gasteiger partial charge in [0, 0.05) is 24.6 Å². The number of nitrogens with one attached hydrogen (secondary N) is 1. The van der Waals surface area contributed by atoms with Crippen molar-refractivity contribution in [2.24, 2.45) is 0 Å². The monoisotopic (exact) mass is 410 g/mol. The molecule has 1 aromatic carbocycles. The Hall–Kier alpha value is -1.90. The molecule has 0 spiro atoms. The van der Waals surface area contributed by atoms with Crippen LogP contribution < -0.4 is 15.0 Å². The number of halogens is 1. The van der Waals surface area contributed by atoms with Gasteiger partial charge in [0.05, 0.1) is 4.90 Å². The van der Waals surface area contributed by atoms with Crippen LogP contribution in [0.15, 0.2) is 35.5 Å². The van der Waals surface area contributed by atoms with E-state index in [-0.39, 0.29) is 18.5 Å². The molecule has 1 aromatic heterocycles. The van der Waals surface area contributed by atoms with Gasteiger partial charge in [-0.25, -0.2) is 18.4 Å². The summed E-state index contributed by atoms with van der Waals surface area (Å²) in [4.78, 5) is 11.1. The summed E-state index contributed by atoms with van der Waals surface area (Å²) < 4.78 is 29.5. The van der Waals surface area contributed by atoms with E-state index in [4.69, 9.17) is 4.74 Å². The van der Waals surface area contributed by atoms with Crippen molar-refractivity contribution in [3.63, 3.8) is 0 Å². The van der Waals surface area contributed by atoms with Crippen molar-refractivity contribution in [1.82, 2.24) is 15.3 Å². The van der Waals surface area contributed by atoms with Gasteiger partial charge in [0.2, 0.25) is 5.88 Å². The van der Waals surface area contributed by atoms with Crippen molar-refractivity contribution in [2.45, 2.75) is 30.3 Å². The summed E-state index contributed by atoms with van der Waals surface area (Å²) in [6.45, 7) is 2.68. The summed E-state index contributed by atoms with van der Waals surface area (Å²) in [7, 11) is -3.20. The number of rotatable bonds is 4. The van der Waals surface area contributed by atoms with Crippen LogP contribution in [0, 0.1) is 0 Å². The minimum Gasteiger partial charge on any atom is -0.474 e. The number of hydrogen-bond donors (Lipinski definition) is 1. The van der Waals surface area contributed by atoms with E-state index in [0.717, 1.165) is 56.0 Å². The largest absolute Gasteiger partial charge is 0.474 e. The molecule has 0 radical (unpaired) electrons. The zero-order valence-corrected chi connectivity index (χ0v) is 16.7. The van der Waals surface area contributed by atoms with E-state index in [9.17, 15) is 8.42 Å². The van der Waals surface area contributed by atoms with Gasteiger partial charge in [-0.15, -0.1) is 12.4 Å². The number of hydrogen-bond acceptors (Lipinski definition) is 7. The predicted octanol–water partition coefficient (Wildman–Crippen LogP) is 2.13. The van der Waals surface area contributed by atoms with E-state index in [1.807, 2.05) is 12.1 Å². The maximum absolute atomic E-state index is 11.8. The SMILES string of the molecule is CS(=O)(=O)c1ccc2c(c1)CCN2c1cc(OC2CCNCC2)ncn1.Cl. The van der Waals surface area contributed by atoms with Crippen LogP contribution >= 0.6 is 12.4 Å². The summed E-state index contributed by atoms with van der Waals surface area (Å²) in [5.41, 5.74) is 2.01. The fourth-order valence-electron chi connectivity index (χ4n) is 3.47. The van der Waals surface area contributed by atoms with E-state index >= 15 is 0 Å². The molecule has 146 valence electrons. The molecule has 0 amide bonds. The lowest BCUT2D eigenvalue weighted by Crippen LogP contribution is -2.34. The molecule has 0 bridgehead atoms. The number of fused-ring (bicyclic) bond motifs is 1. The first-order valence-corrected chi connectivity index (χ1v) is 10.7. The highest BCUT2D eigenvalue weighted by Gasteiger charge is 2.24. The summed E-state index contributed by atoms with van der Waals surface area (Å²) in [6, 6.07) is 7.13. The molecule has 9 heteroatoms. The summed E-state index contributed by atoms with van der Waals surface area (Å²) >= 11 is 0. The number of piperidine rings is 1. The molecule has 1 N–H and O–H groups in total. The topological polar surface area (TPSA) is 84.4 Å². The van der Waals surface area contributed by atoms with Gasteiger partial charge >= 0.3 is 0 Å². The van der Waals surface area contributed by atoms with Crippen molar-refractivity contribution in [3.05, 3.63) is 36.2 Å². The van der Waals surface area contributed by atoms with Gasteiger partial charge in [-0.2, -0.15) is 0 Å². The van der Waals surface area contributed by atoms with Crippen LogP contribution in [-0.2, 0) is 16.3 Å². The lowest BCUT2D eigenvalue weighted by Gasteiger charge is -2.24. The molecule has 2 aromatic rings. The van der Waals surface area contributed by atoms with Crippen LogP contribution in [0.5, 0.6) is 5.88 Å². The Kier molecular flexibility index (Phi) is 5.88. The average Bonchev–Trinajstić information content (AvgIpc) is 3.05. The molecule has 2 aliphatic rings. The standard InChI is InChI=1S/C18H22N4O3S.ClH/c1-26(23,24)15-2-3-16-13(10-15)6-9-22(16)17-11-18(21-12-20-17)25-14-4-7-19-8-5-14;/h2-3,10-12,14,19H,4-9H2,1H3;1H. The van der Waals surface area contributed by atoms with Gasteiger partial charge < -0.3 is 15.0 Å². The fourth-order valence-corrected chi connectivity index (χ4v) is 4.14. The Labute approximate surface area is 165 Å². The molecule has 1 fully saturated rings. The van der Waals surface area contributed by atoms with Crippen molar-refractivity contribution in [1.29, 1.82) is 0 Å². The molecule has 3 heterocycles. The van der Waals surface area contributed by atoms with Crippen molar-refractivity contribution in [2.75, 3.05) is 30.8 Å². The van der Waals surface area contributed by atoms with Gasteiger partial charge in [0.15, 0.2) is 9.84 Å². The third-order valence-electron chi connectivity index (χ3n) is 4.85. The van der Waals surface area contributed by atoms with Gasteiger partial charge in [0.25, 0.3) is 0 Å². The van der Waals surface area contributed by atoms with Crippen molar-refractivity contribution in [3.8, 4) is 5.88 Å². The maximum Gasteiger partial charge on any atom is 0.218 e. The van der Waals surface area contributed by atoms with E-state index in [1.54, 1.807) is 12.1 Å². The molecule has 4 rings (SSSR count). The number of anilines is 2. The highest BCUT2D eigenvalue weighted by molar-refractivity contribution is 7.90. The smallest absolute Gasteiger partial charge is 0.218 e. The van der Waals surface area contributed by atoms with Crippen LogP contribution in [0.2, 0.25) is 0 Å². The van der Waals surface area contributed by atoms with E-state index in [2.05, 4.69) is 20.2 Å². The molecule has 0 unspecified atom stereocenters. The molecular weight excluding hydrogens is 388 g/mol. The van der Waals surface area contributed by atoms with Crippen molar-refractivity contribution >= 4 is 33.7 Å². The highest BCUT2D eigenvalue weighted by atomic mass is 35.5. The first-order chi connectivity index (χ1) is 12.5. The summed E-state index contributed by atoms with van der Waals surface area (Å²) in [6.07, 6.45) is 5.67. The first kappa shape index (κ1) is 19.9. The first-order valence-electron chi connectivity index (χ1n) is 8.81. The van der Waals surface area contributed by atoms with Crippen LogP contribution in [0.25, 0.3) is 0 Å². The van der Waals surface area contributed by atoms with E-state index in [1.165, 1.54) is 12.6 Å². The van der Waals surface area contributed by atoms with Crippen LogP contribution in [0.4, 0.5) is 11.5 Å². The molecule has 1 saturated heterocycles. The Morgan fingerprint density at radius 3 is 2.70 bits per heavy atom. The minimum absolute atomic E-state index is 0. The second kappa shape index (κ2) is 8.00. The Morgan fingerprint density at radius 2 is 1.96 bits per heavy atom. The Bertz CT molecular complexity index is 917. The number of sulfone groups is 1. The highest BCUT2D eigenvalue weighted by Crippen LogP contribution is 2.35. The number of ether oxygens (including phenoxy) is 1. The Morgan fingerprint density at radius 1 is 1.19 bits per heavy atom. The second-order valence-corrected chi connectivity index (χ2v) is 8.76. The second-order valence-electron chi connectivity index (χ2n) is 6.75. The number of aromatic nitrogens is 2. The zero-order chi connectivity index (χ0) is 18.1.